The van der Waals surface area contributed by atoms with Crippen LogP contribution in [0.4, 0.5) is 5.82 Å². The molecular formula is C19H19ClN4O3S2. The van der Waals surface area contributed by atoms with Gasteiger partial charge in [0.05, 0.1) is 26.1 Å². The second-order valence-electron chi connectivity index (χ2n) is 6.78. The first-order chi connectivity index (χ1) is 13.8. The van der Waals surface area contributed by atoms with Crippen molar-refractivity contribution in [2.45, 2.75) is 24.7 Å². The molecule has 3 heterocycles. The number of benzene rings is 1. The van der Waals surface area contributed by atoms with Crippen LogP contribution < -0.4 is 5.32 Å². The average Bonchev–Trinajstić information content (AvgIpc) is 3.43. The number of aryl methyl sites for hydroxylation is 1. The van der Waals surface area contributed by atoms with Gasteiger partial charge in [-0.05, 0) is 50.1 Å². The maximum Gasteiger partial charge on any atom is 0.258 e. The smallest absolute Gasteiger partial charge is 0.258 e. The Morgan fingerprint density at radius 1 is 1.21 bits per heavy atom. The Labute approximate surface area is 177 Å². The summed E-state index contributed by atoms with van der Waals surface area (Å²) >= 11 is 7.79. The molecule has 7 nitrogen and oxygen atoms in total. The number of nitrogens with zero attached hydrogens (tertiary/aromatic N) is 2. The number of aromatic amines is 1. The van der Waals surface area contributed by atoms with Gasteiger partial charge in [-0.15, -0.1) is 11.3 Å². The largest absolute Gasteiger partial charge is 0.305 e. The lowest BCUT2D eigenvalue weighted by molar-refractivity contribution is 0.102. The van der Waals surface area contributed by atoms with Crippen molar-refractivity contribution in [3.05, 3.63) is 51.9 Å². The molecule has 3 aromatic rings. The lowest BCUT2D eigenvalue weighted by Crippen LogP contribution is -2.28. The van der Waals surface area contributed by atoms with E-state index >= 15 is 0 Å². The number of hydrogen-bond acceptors (Lipinski definition) is 5. The molecule has 1 amide bonds. The first-order valence-corrected chi connectivity index (χ1v) is 11.7. The molecular weight excluding hydrogens is 432 g/mol. The third-order valence-corrected chi connectivity index (χ3v) is 7.97. The minimum absolute atomic E-state index is 0.0609. The summed E-state index contributed by atoms with van der Waals surface area (Å²) < 4.78 is 27.0. The summed E-state index contributed by atoms with van der Waals surface area (Å²) in [6, 6.07) is 9.89. The van der Waals surface area contributed by atoms with Crippen LogP contribution in [0, 0.1) is 6.92 Å². The number of H-pyrrole nitrogens is 1. The zero-order valence-electron chi connectivity index (χ0n) is 15.6. The number of rotatable bonds is 5. The van der Waals surface area contributed by atoms with E-state index in [1.165, 1.54) is 27.4 Å². The van der Waals surface area contributed by atoms with Crippen molar-refractivity contribution in [1.29, 1.82) is 0 Å². The van der Waals surface area contributed by atoms with Crippen molar-refractivity contribution in [2.24, 2.45) is 0 Å². The summed E-state index contributed by atoms with van der Waals surface area (Å²) in [6.45, 7) is 2.99. The van der Waals surface area contributed by atoms with E-state index in [2.05, 4.69) is 15.5 Å². The third-order valence-electron chi connectivity index (χ3n) is 4.71. The predicted molar refractivity (Wildman–Crippen MR) is 114 cm³/mol. The monoisotopic (exact) mass is 450 g/mol. The van der Waals surface area contributed by atoms with Crippen molar-refractivity contribution in [3.63, 3.8) is 0 Å². The Balaban J connectivity index is 1.57. The molecule has 0 unspecified atom stereocenters. The number of nitrogens with one attached hydrogen (secondary N) is 2. The number of carbonyl (C=O) groups excluding carboxylic acids is 1. The molecule has 1 aliphatic rings. The van der Waals surface area contributed by atoms with Crippen LogP contribution in [0.2, 0.25) is 5.02 Å². The minimum Gasteiger partial charge on any atom is -0.305 e. The van der Waals surface area contributed by atoms with Crippen LogP contribution in [0.25, 0.3) is 10.6 Å². The standard InChI is InChI=1S/C19H19ClN4O3S2/c1-12-4-7-17(28-12)16-11-18(23-22-16)21-19(25)14-10-13(5-6-15(14)20)29(26,27)24-8-2-3-9-24/h4-7,10-11H,2-3,8-9H2,1H3,(H2,21,22,23,25). The summed E-state index contributed by atoms with van der Waals surface area (Å²) in [6.07, 6.45) is 1.68. The highest BCUT2D eigenvalue weighted by molar-refractivity contribution is 7.89. The third kappa shape index (κ3) is 4.09. The molecule has 0 radical (unpaired) electrons. The van der Waals surface area contributed by atoms with Gasteiger partial charge in [0.25, 0.3) is 5.91 Å². The summed E-state index contributed by atoms with van der Waals surface area (Å²) in [7, 11) is -3.64. The fourth-order valence-electron chi connectivity index (χ4n) is 3.19. The van der Waals surface area contributed by atoms with Gasteiger partial charge in [-0.1, -0.05) is 11.6 Å². The second kappa shape index (κ2) is 7.91. The Morgan fingerprint density at radius 3 is 2.66 bits per heavy atom. The van der Waals surface area contributed by atoms with Gasteiger partial charge >= 0.3 is 0 Å². The van der Waals surface area contributed by atoms with Crippen molar-refractivity contribution in [2.75, 3.05) is 18.4 Å². The molecule has 1 aliphatic heterocycles. The highest BCUT2D eigenvalue weighted by Crippen LogP contribution is 2.29. The Bertz CT molecular complexity index is 1160. The molecule has 1 saturated heterocycles. The lowest BCUT2D eigenvalue weighted by atomic mass is 10.2. The number of hydrogen-bond donors (Lipinski definition) is 2. The van der Waals surface area contributed by atoms with Crippen LogP contribution in [0.1, 0.15) is 28.1 Å². The zero-order chi connectivity index (χ0) is 20.6. The van der Waals surface area contributed by atoms with Crippen LogP contribution in [-0.2, 0) is 10.0 Å². The second-order valence-corrected chi connectivity index (χ2v) is 10.4. The molecule has 2 N–H and O–H groups in total. The minimum atomic E-state index is -3.64. The average molecular weight is 451 g/mol. The molecule has 0 atom stereocenters. The zero-order valence-corrected chi connectivity index (χ0v) is 18.0. The van der Waals surface area contributed by atoms with Gasteiger partial charge < -0.3 is 5.32 Å². The maximum atomic E-state index is 12.8. The van der Waals surface area contributed by atoms with E-state index in [0.717, 1.165) is 23.4 Å². The van der Waals surface area contributed by atoms with Gasteiger partial charge in [-0.2, -0.15) is 9.40 Å². The normalized spacial score (nSPS) is 15.0. The molecule has 0 saturated carbocycles. The van der Waals surface area contributed by atoms with E-state index in [9.17, 15) is 13.2 Å². The van der Waals surface area contributed by atoms with Gasteiger partial charge in [0.2, 0.25) is 10.0 Å². The highest BCUT2D eigenvalue weighted by Gasteiger charge is 2.28. The van der Waals surface area contributed by atoms with Gasteiger partial charge in [-0.25, -0.2) is 8.42 Å². The van der Waals surface area contributed by atoms with Gasteiger partial charge in [0, 0.05) is 24.0 Å². The van der Waals surface area contributed by atoms with Crippen LogP contribution in [0.3, 0.4) is 0 Å². The Morgan fingerprint density at radius 2 is 1.97 bits per heavy atom. The highest BCUT2D eigenvalue weighted by atomic mass is 35.5. The van der Waals surface area contributed by atoms with E-state index in [4.69, 9.17) is 11.6 Å². The number of thiophene rings is 1. The van der Waals surface area contributed by atoms with Gasteiger partial charge in [0.1, 0.15) is 0 Å². The molecule has 4 rings (SSSR count). The molecule has 10 heteroatoms. The fourth-order valence-corrected chi connectivity index (χ4v) is 5.77. The molecule has 1 fully saturated rings. The number of halogens is 1. The van der Waals surface area contributed by atoms with Crippen LogP contribution in [0.15, 0.2) is 41.3 Å². The molecule has 2 aromatic heterocycles. The van der Waals surface area contributed by atoms with E-state index in [1.54, 1.807) is 17.4 Å². The predicted octanol–water partition coefficient (Wildman–Crippen LogP) is 4.14. The van der Waals surface area contributed by atoms with Crippen molar-refractivity contribution >= 4 is 44.7 Å². The van der Waals surface area contributed by atoms with E-state index in [0.29, 0.717) is 18.9 Å². The number of anilines is 1. The molecule has 0 aliphatic carbocycles. The molecule has 0 spiro atoms. The lowest BCUT2D eigenvalue weighted by Gasteiger charge is -2.16. The van der Waals surface area contributed by atoms with Crippen molar-refractivity contribution < 1.29 is 13.2 Å². The molecule has 0 bridgehead atoms. The van der Waals surface area contributed by atoms with E-state index in [1.807, 2.05) is 19.1 Å². The summed E-state index contributed by atoms with van der Waals surface area (Å²) in [5.41, 5.74) is 0.873. The number of sulfonamides is 1. The van der Waals surface area contributed by atoms with Crippen LogP contribution in [-0.4, -0.2) is 41.9 Å². The molecule has 29 heavy (non-hydrogen) atoms. The van der Waals surface area contributed by atoms with E-state index < -0.39 is 15.9 Å². The number of aromatic nitrogens is 2. The van der Waals surface area contributed by atoms with Crippen molar-refractivity contribution in [1.82, 2.24) is 14.5 Å². The maximum absolute atomic E-state index is 12.8. The molecule has 152 valence electrons. The SMILES string of the molecule is Cc1ccc(-c2cc(NC(=O)c3cc(S(=O)(=O)N4CCCC4)ccc3Cl)n[nH]2)s1. The Kier molecular flexibility index (Phi) is 5.48. The van der Waals surface area contributed by atoms with Gasteiger partial charge in [0.15, 0.2) is 5.82 Å². The quantitative estimate of drug-likeness (QED) is 0.610. The number of amides is 1. The van der Waals surface area contributed by atoms with Crippen LogP contribution >= 0.6 is 22.9 Å². The topological polar surface area (TPSA) is 95.2 Å². The fraction of sp³-hybridized carbons (Fsp3) is 0.263. The first-order valence-electron chi connectivity index (χ1n) is 9.08. The van der Waals surface area contributed by atoms with Gasteiger partial charge in [-0.3, -0.25) is 9.89 Å². The summed E-state index contributed by atoms with van der Waals surface area (Å²) in [5, 5.41) is 9.85. The first kappa shape index (κ1) is 20.1. The molecule has 1 aromatic carbocycles. The Hall–Kier alpha value is -2.20. The van der Waals surface area contributed by atoms with Crippen molar-refractivity contribution in [3.8, 4) is 10.6 Å². The number of carbonyl (C=O) groups is 1. The summed E-state index contributed by atoms with van der Waals surface area (Å²) in [4.78, 5) is 15.0. The van der Waals surface area contributed by atoms with Crippen LogP contribution in [0.5, 0.6) is 0 Å². The van der Waals surface area contributed by atoms with E-state index in [-0.39, 0.29) is 15.5 Å². The summed E-state index contributed by atoms with van der Waals surface area (Å²) in [5.74, 6) is -0.186.